The molecule has 0 unspecified atom stereocenters. The molecule has 0 aliphatic carbocycles. The average molecular weight is 428 g/mol. The summed E-state index contributed by atoms with van der Waals surface area (Å²) in [5, 5.41) is 0. The highest BCUT2D eigenvalue weighted by Gasteiger charge is 2.21. The van der Waals surface area contributed by atoms with E-state index >= 15 is 0 Å². The SMILES string of the molecule is CC1=CC(OCc2ccc(F)cc2F)=CCN1c1c(F)cc(Br)cc1F. The van der Waals surface area contributed by atoms with Crippen LogP contribution in [0.1, 0.15) is 12.5 Å². The molecule has 3 rings (SSSR count). The van der Waals surface area contributed by atoms with Crippen molar-refractivity contribution >= 4 is 21.6 Å². The Bertz CT molecular complexity index is 887. The van der Waals surface area contributed by atoms with E-state index in [1.165, 1.54) is 23.1 Å². The molecule has 7 heteroatoms. The molecule has 2 aromatic rings. The van der Waals surface area contributed by atoms with Gasteiger partial charge in [-0.2, -0.15) is 0 Å². The molecular weight excluding hydrogens is 414 g/mol. The second kappa shape index (κ2) is 7.53. The Kier molecular flexibility index (Phi) is 5.36. The van der Waals surface area contributed by atoms with Gasteiger partial charge in [-0.3, -0.25) is 0 Å². The third-order valence-electron chi connectivity index (χ3n) is 3.91. The highest BCUT2D eigenvalue weighted by Crippen LogP contribution is 2.31. The van der Waals surface area contributed by atoms with E-state index < -0.39 is 23.3 Å². The molecular formula is C19H14BrF4NO. The maximum atomic E-state index is 14.1. The molecule has 2 nitrogen and oxygen atoms in total. The third-order valence-corrected chi connectivity index (χ3v) is 4.37. The molecule has 0 amide bonds. The van der Waals surface area contributed by atoms with Crippen molar-refractivity contribution in [3.8, 4) is 0 Å². The first kappa shape index (κ1) is 18.5. The van der Waals surface area contributed by atoms with Crippen molar-refractivity contribution in [2.75, 3.05) is 11.4 Å². The maximum absolute atomic E-state index is 14.1. The van der Waals surface area contributed by atoms with E-state index in [0.717, 1.165) is 12.1 Å². The zero-order chi connectivity index (χ0) is 18.8. The Balaban J connectivity index is 1.73. The molecule has 0 radical (unpaired) electrons. The van der Waals surface area contributed by atoms with Gasteiger partial charge in [-0.25, -0.2) is 17.6 Å². The Morgan fingerprint density at radius 2 is 1.73 bits per heavy atom. The van der Waals surface area contributed by atoms with Gasteiger partial charge in [0.05, 0.1) is 0 Å². The van der Waals surface area contributed by atoms with Crippen LogP contribution in [-0.4, -0.2) is 6.54 Å². The number of hydrogen-bond acceptors (Lipinski definition) is 2. The largest absolute Gasteiger partial charge is 0.489 e. The van der Waals surface area contributed by atoms with Crippen LogP contribution in [0.25, 0.3) is 0 Å². The number of nitrogens with zero attached hydrogens (tertiary/aromatic N) is 1. The van der Waals surface area contributed by atoms with Crippen LogP contribution in [0, 0.1) is 23.3 Å². The van der Waals surface area contributed by atoms with E-state index in [0.29, 0.717) is 15.9 Å². The lowest BCUT2D eigenvalue weighted by molar-refractivity contribution is 0.205. The lowest BCUT2D eigenvalue weighted by Crippen LogP contribution is -2.26. The fourth-order valence-corrected chi connectivity index (χ4v) is 3.03. The van der Waals surface area contributed by atoms with Crippen LogP contribution in [0.3, 0.4) is 0 Å². The molecule has 0 saturated carbocycles. The van der Waals surface area contributed by atoms with Crippen LogP contribution in [0.15, 0.2) is 58.4 Å². The van der Waals surface area contributed by atoms with Crippen molar-refractivity contribution in [1.29, 1.82) is 0 Å². The van der Waals surface area contributed by atoms with Gasteiger partial charge in [0.15, 0.2) is 11.6 Å². The van der Waals surface area contributed by atoms with E-state index in [2.05, 4.69) is 15.9 Å². The van der Waals surface area contributed by atoms with Crippen molar-refractivity contribution in [2.45, 2.75) is 13.5 Å². The van der Waals surface area contributed by atoms with E-state index in [1.807, 2.05) is 0 Å². The summed E-state index contributed by atoms with van der Waals surface area (Å²) in [5.41, 5.74) is 0.634. The van der Waals surface area contributed by atoms with Gasteiger partial charge in [0.25, 0.3) is 0 Å². The predicted octanol–water partition coefficient (Wildman–Crippen LogP) is 5.83. The summed E-state index contributed by atoms with van der Waals surface area (Å²) in [7, 11) is 0. The molecule has 26 heavy (non-hydrogen) atoms. The van der Waals surface area contributed by atoms with Gasteiger partial charge >= 0.3 is 0 Å². The molecule has 0 atom stereocenters. The third kappa shape index (κ3) is 3.93. The summed E-state index contributed by atoms with van der Waals surface area (Å²) in [6.07, 6.45) is 3.24. The van der Waals surface area contributed by atoms with E-state index in [1.54, 1.807) is 19.1 Å². The van der Waals surface area contributed by atoms with Crippen LogP contribution >= 0.6 is 15.9 Å². The van der Waals surface area contributed by atoms with Gasteiger partial charge in [0, 0.05) is 28.3 Å². The van der Waals surface area contributed by atoms with Crippen LogP contribution in [0.2, 0.25) is 0 Å². The number of allylic oxidation sites excluding steroid dienone is 2. The van der Waals surface area contributed by atoms with Gasteiger partial charge in [-0.05, 0) is 43.3 Å². The maximum Gasteiger partial charge on any atom is 0.150 e. The lowest BCUT2D eigenvalue weighted by Gasteiger charge is -2.28. The molecule has 136 valence electrons. The van der Waals surface area contributed by atoms with Crippen molar-refractivity contribution in [2.24, 2.45) is 0 Å². The number of rotatable bonds is 4. The lowest BCUT2D eigenvalue weighted by atomic mass is 10.2. The number of hydrogen-bond donors (Lipinski definition) is 0. The second-order valence-corrected chi connectivity index (χ2v) is 6.66. The summed E-state index contributed by atoms with van der Waals surface area (Å²) in [6.45, 7) is 1.80. The van der Waals surface area contributed by atoms with Gasteiger partial charge in [-0.15, -0.1) is 0 Å². The Morgan fingerprint density at radius 3 is 2.35 bits per heavy atom. The average Bonchev–Trinajstić information content (AvgIpc) is 2.55. The Hall–Kier alpha value is -2.28. The van der Waals surface area contributed by atoms with E-state index in [-0.39, 0.29) is 24.4 Å². The van der Waals surface area contributed by atoms with Crippen molar-refractivity contribution in [3.05, 3.63) is 87.2 Å². The van der Waals surface area contributed by atoms with Crippen LogP contribution in [0.4, 0.5) is 23.2 Å². The molecule has 1 heterocycles. The molecule has 0 fully saturated rings. The minimum Gasteiger partial charge on any atom is -0.489 e. The summed E-state index contributed by atoms with van der Waals surface area (Å²) in [4.78, 5) is 1.47. The molecule has 0 spiro atoms. The first-order valence-electron chi connectivity index (χ1n) is 7.72. The molecule has 0 bridgehead atoms. The predicted molar refractivity (Wildman–Crippen MR) is 94.4 cm³/mol. The molecule has 0 saturated heterocycles. The quantitative estimate of drug-likeness (QED) is 0.569. The van der Waals surface area contributed by atoms with Crippen molar-refractivity contribution in [1.82, 2.24) is 0 Å². The summed E-state index contributed by atoms with van der Waals surface area (Å²) in [6, 6.07) is 5.63. The zero-order valence-electron chi connectivity index (χ0n) is 13.7. The molecule has 0 N–H and O–H groups in total. The number of benzene rings is 2. The van der Waals surface area contributed by atoms with Crippen LogP contribution in [0.5, 0.6) is 0 Å². The first-order valence-corrected chi connectivity index (χ1v) is 8.51. The van der Waals surface area contributed by atoms with E-state index in [9.17, 15) is 17.6 Å². The minimum absolute atomic E-state index is 0.0806. The number of halogens is 5. The molecule has 1 aliphatic rings. The summed E-state index contributed by atoms with van der Waals surface area (Å²) in [5.74, 6) is -2.28. The van der Waals surface area contributed by atoms with Crippen LogP contribution < -0.4 is 4.90 Å². The smallest absolute Gasteiger partial charge is 0.150 e. The highest BCUT2D eigenvalue weighted by molar-refractivity contribution is 9.10. The van der Waals surface area contributed by atoms with Gasteiger partial charge < -0.3 is 9.64 Å². The summed E-state index contributed by atoms with van der Waals surface area (Å²) >= 11 is 3.05. The zero-order valence-corrected chi connectivity index (χ0v) is 15.3. The monoisotopic (exact) mass is 427 g/mol. The standard InChI is InChI=1S/C19H14BrF4NO/c1-11-6-15(26-10-12-2-3-14(21)9-16(12)22)4-5-25(11)19-17(23)7-13(20)8-18(19)24/h2-4,6-9H,5,10H2,1H3. The molecule has 2 aromatic carbocycles. The fraction of sp³-hybridized carbons (Fsp3) is 0.158. The van der Waals surface area contributed by atoms with E-state index in [4.69, 9.17) is 4.74 Å². The Labute approximate surface area is 156 Å². The highest BCUT2D eigenvalue weighted by atomic mass is 79.9. The van der Waals surface area contributed by atoms with Gasteiger partial charge in [0.2, 0.25) is 0 Å². The first-order chi connectivity index (χ1) is 12.3. The van der Waals surface area contributed by atoms with Crippen molar-refractivity contribution < 1.29 is 22.3 Å². The number of anilines is 1. The molecule has 1 aliphatic heterocycles. The Morgan fingerprint density at radius 1 is 1.04 bits per heavy atom. The van der Waals surface area contributed by atoms with Gasteiger partial charge in [-0.1, -0.05) is 15.9 Å². The second-order valence-electron chi connectivity index (χ2n) is 5.75. The van der Waals surface area contributed by atoms with Crippen LogP contribution in [-0.2, 0) is 11.3 Å². The number of ether oxygens (including phenoxy) is 1. The fourth-order valence-electron chi connectivity index (χ4n) is 2.63. The topological polar surface area (TPSA) is 12.5 Å². The normalized spacial score (nSPS) is 14.2. The van der Waals surface area contributed by atoms with Crippen molar-refractivity contribution in [3.63, 3.8) is 0 Å². The van der Waals surface area contributed by atoms with Gasteiger partial charge in [0.1, 0.15) is 29.7 Å². The summed E-state index contributed by atoms with van der Waals surface area (Å²) < 4.78 is 60.7. The minimum atomic E-state index is -0.692. The molecule has 0 aromatic heterocycles.